The summed E-state index contributed by atoms with van der Waals surface area (Å²) in [5.41, 5.74) is 1.74. The van der Waals surface area contributed by atoms with Crippen LogP contribution in [0.5, 0.6) is 11.5 Å². The smallest absolute Gasteiger partial charge is 0.127 e. The average Bonchev–Trinajstić information content (AvgIpc) is 2.43. The third kappa shape index (κ3) is 3.48. The van der Waals surface area contributed by atoms with Gasteiger partial charge in [0.25, 0.3) is 0 Å². The molecular weight excluding hydrogens is 257 g/mol. The number of ether oxygens (including phenoxy) is 1. The molecule has 0 amide bonds. The minimum Gasteiger partial charge on any atom is -0.508 e. The Kier molecular flexibility index (Phi) is 4.58. The molecule has 0 heterocycles. The van der Waals surface area contributed by atoms with Crippen molar-refractivity contribution in [2.45, 2.75) is 19.5 Å². The zero-order valence-electron chi connectivity index (χ0n) is 11.6. The van der Waals surface area contributed by atoms with Crippen LogP contribution in [0.4, 0.5) is 4.39 Å². The number of methoxy groups -OCH3 is 1. The average molecular weight is 275 g/mol. The van der Waals surface area contributed by atoms with E-state index in [1.807, 2.05) is 31.2 Å². The monoisotopic (exact) mass is 275 g/mol. The second kappa shape index (κ2) is 6.39. The Balaban J connectivity index is 2.06. The van der Waals surface area contributed by atoms with E-state index in [2.05, 4.69) is 5.32 Å². The van der Waals surface area contributed by atoms with E-state index >= 15 is 0 Å². The summed E-state index contributed by atoms with van der Waals surface area (Å²) in [4.78, 5) is 0. The van der Waals surface area contributed by atoms with E-state index in [4.69, 9.17) is 4.74 Å². The molecular formula is C16H18FNO2. The van der Waals surface area contributed by atoms with Crippen LogP contribution in [0, 0.1) is 5.82 Å². The molecule has 106 valence electrons. The maximum atomic E-state index is 13.2. The van der Waals surface area contributed by atoms with Gasteiger partial charge in [-0.05, 0) is 30.7 Å². The molecule has 0 bridgehead atoms. The van der Waals surface area contributed by atoms with Crippen molar-refractivity contribution in [3.8, 4) is 11.5 Å². The van der Waals surface area contributed by atoms with E-state index in [1.54, 1.807) is 13.2 Å². The van der Waals surface area contributed by atoms with Gasteiger partial charge in [0.2, 0.25) is 0 Å². The van der Waals surface area contributed by atoms with E-state index in [9.17, 15) is 9.50 Å². The minimum absolute atomic E-state index is 0.0524. The lowest BCUT2D eigenvalue weighted by Crippen LogP contribution is -2.18. The highest BCUT2D eigenvalue weighted by Crippen LogP contribution is 2.24. The number of hydrogen-bond acceptors (Lipinski definition) is 3. The second-order valence-electron chi connectivity index (χ2n) is 4.66. The summed E-state index contributed by atoms with van der Waals surface area (Å²) in [7, 11) is 1.64. The second-order valence-corrected chi connectivity index (χ2v) is 4.66. The summed E-state index contributed by atoms with van der Waals surface area (Å²) in [6, 6.07) is 11.8. The molecule has 0 radical (unpaired) electrons. The van der Waals surface area contributed by atoms with Crippen LogP contribution in [0.2, 0.25) is 0 Å². The molecule has 0 aliphatic carbocycles. The van der Waals surface area contributed by atoms with Crippen molar-refractivity contribution >= 4 is 0 Å². The highest BCUT2D eigenvalue weighted by Gasteiger charge is 2.10. The molecule has 0 fully saturated rings. The first-order valence-electron chi connectivity index (χ1n) is 6.45. The van der Waals surface area contributed by atoms with Crippen LogP contribution in [0.15, 0.2) is 42.5 Å². The predicted molar refractivity (Wildman–Crippen MR) is 76.3 cm³/mol. The number of phenolic OH excluding ortho intramolecular Hbond substituents is 1. The lowest BCUT2D eigenvalue weighted by Gasteiger charge is -2.17. The number of rotatable bonds is 5. The number of nitrogens with one attached hydrogen (secondary N) is 1. The molecule has 0 unspecified atom stereocenters. The van der Waals surface area contributed by atoms with Crippen LogP contribution in [-0.4, -0.2) is 12.2 Å². The summed E-state index contributed by atoms with van der Waals surface area (Å²) in [5, 5.41) is 12.7. The molecule has 0 aromatic heterocycles. The van der Waals surface area contributed by atoms with Gasteiger partial charge < -0.3 is 15.2 Å². The van der Waals surface area contributed by atoms with Crippen molar-refractivity contribution in [2.24, 2.45) is 0 Å². The van der Waals surface area contributed by atoms with Crippen molar-refractivity contribution in [1.29, 1.82) is 0 Å². The van der Waals surface area contributed by atoms with Crippen molar-refractivity contribution in [1.82, 2.24) is 5.32 Å². The molecule has 2 aromatic rings. The van der Waals surface area contributed by atoms with E-state index in [-0.39, 0.29) is 11.8 Å². The first-order chi connectivity index (χ1) is 9.60. The third-order valence-electron chi connectivity index (χ3n) is 3.16. The summed E-state index contributed by atoms with van der Waals surface area (Å²) < 4.78 is 18.5. The molecule has 4 heteroatoms. The van der Waals surface area contributed by atoms with Crippen molar-refractivity contribution in [3.63, 3.8) is 0 Å². The normalized spacial score (nSPS) is 12.2. The van der Waals surface area contributed by atoms with Crippen LogP contribution < -0.4 is 10.1 Å². The third-order valence-corrected chi connectivity index (χ3v) is 3.16. The number of aromatic hydroxyl groups is 1. The Bertz CT molecular complexity index is 566. The van der Waals surface area contributed by atoms with Gasteiger partial charge in [-0.1, -0.05) is 18.2 Å². The van der Waals surface area contributed by atoms with Crippen LogP contribution in [0.1, 0.15) is 24.1 Å². The van der Waals surface area contributed by atoms with Gasteiger partial charge in [0.15, 0.2) is 0 Å². The fourth-order valence-corrected chi connectivity index (χ4v) is 2.14. The van der Waals surface area contributed by atoms with E-state index in [1.165, 1.54) is 6.07 Å². The molecule has 2 N–H and O–H groups in total. The minimum atomic E-state index is -0.438. The number of hydrogen-bond donors (Lipinski definition) is 2. The number of para-hydroxylation sites is 1. The lowest BCUT2D eigenvalue weighted by atomic mass is 10.1. The maximum absolute atomic E-state index is 13.2. The molecule has 20 heavy (non-hydrogen) atoms. The fourth-order valence-electron chi connectivity index (χ4n) is 2.14. The standard InChI is InChI=1S/C16H18FNO2/c1-11(15-5-3-4-6-16(15)20-2)18-10-12-7-13(17)9-14(19)8-12/h3-9,11,18-19H,10H2,1-2H3/t11-/m1/s1. The van der Waals surface area contributed by atoms with Gasteiger partial charge in [-0.15, -0.1) is 0 Å². The Labute approximate surface area is 118 Å². The molecule has 0 saturated heterocycles. The Hall–Kier alpha value is -2.07. The highest BCUT2D eigenvalue weighted by molar-refractivity contribution is 5.35. The predicted octanol–water partition coefficient (Wildman–Crippen LogP) is 3.39. The van der Waals surface area contributed by atoms with Gasteiger partial charge in [-0.3, -0.25) is 0 Å². The molecule has 0 saturated carbocycles. The van der Waals surface area contributed by atoms with E-state index in [0.29, 0.717) is 12.1 Å². The van der Waals surface area contributed by atoms with Gasteiger partial charge in [-0.25, -0.2) is 4.39 Å². The molecule has 3 nitrogen and oxygen atoms in total. The van der Waals surface area contributed by atoms with Gasteiger partial charge >= 0.3 is 0 Å². The van der Waals surface area contributed by atoms with Crippen molar-refractivity contribution in [3.05, 3.63) is 59.4 Å². The van der Waals surface area contributed by atoms with Crippen molar-refractivity contribution < 1.29 is 14.2 Å². The van der Waals surface area contributed by atoms with Gasteiger partial charge in [0.1, 0.15) is 17.3 Å². The summed E-state index contributed by atoms with van der Waals surface area (Å²) in [6.07, 6.45) is 0. The molecule has 2 aromatic carbocycles. The highest BCUT2D eigenvalue weighted by atomic mass is 19.1. The number of benzene rings is 2. The summed E-state index contributed by atoms with van der Waals surface area (Å²) in [6.45, 7) is 2.47. The summed E-state index contributed by atoms with van der Waals surface area (Å²) in [5.74, 6) is 0.313. The van der Waals surface area contributed by atoms with E-state index < -0.39 is 5.82 Å². The zero-order valence-corrected chi connectivity index (χ0v) is 11.6. The first kappa shape index (κ1) is 14.3. The van der Waals surface area contributed by atoms with Crippen LogP contribution in [-0.2, 0) is 6.54 Å². The molecule has 0 aliphatic rings. The van der Waals surface area contributed by atoms with Crippen LogP contribution in [0.25, 0.3) is 0 Å². The quantitative estimate of drug-likeness (QED) is 0.879. The summed E-state index contributed by atoms with van der Waals surface area (Å²) >= 11 is 0. The van der Waals surface area contributed by atoms with Gasteiger partial charge in [0.05, 0.1) is 7.11 Å². The van der Waals surface area contributed by atoms with Gasteiger partial charge in [-0.2, -0.15) is 0 Å². The molecule has 2 rings (SSSR count). The molecule has 0 aliphatic heterocycles. The van der Waals surface area contributed by atoms with Gasteiger partial charge in [0, 0.05) is 24.2 Å². The Morgan fingerprint density at radius 1 is 1.25 bits per heavy atom. The Morgan fingerprint density at radius 2 is 2.00 bits per heavy atom. The topological polar surface area (TPSA) is 41.5 Å². The Morgan fingerprint density at radius 3 is 2.70 bits per heavy atom. The number of halogens is 1. The maximum Gasteiger partial charge on any atom is 0.127 e. The lowest BCUT2D eigenvalue weighted by molar-refractivity contribution is 0.401. The first-order valence-corrected chi connectivity index (χ1v) is 6.45. The van der Waals surface area contributed by atoms with Crippen molar-refractivity contribution in [2.75, 3.05) is 7.11 Å². The van der Waals surface area contributed by atoms with Crippen LogP contribution in [0.3, 0.4) is 0 Å². The van der Waals surface area contributed by atoms with E-state index in [0.717, 1.165) is 17.4 Å². The SMILES string of the molecule is COc1ccccc1[C@@H](C)NCc1cc(O)cc(F)c1. The molecule has 0 spiro atoms. The fraction of sp³-hybridized carbons (Fsp3) is 0.250. The largest absolute Gasteiger partial charge is 0.508 e. The van der Waals surface area contributed by atoms with Crippen LogP contribution >= 0.6 is 0 Å². The zero-order chi connectivity index (χ0) is 14.5. The number of phenols is 1. The molecule has 1 atom stereocenters.